The number of benzene rings is 2. The van der Waals surface area contributed by atoms with Gasteiger partial charge in [-0.05, 0) is 61.2 Å². The first-order valence-electron chi connectivity index (χ1n) is 8.86. The number of nitrogens with one attached hydrogen (secondary N) is 1. The second-order valence-electron chi connectivity index (χ2n) is 6.77. The molecule has 0 aliphatic carbocycles. The zero-order valence-electron chi connectivity index (χ0n) is 15.3. The summed E-state index contributed by atoms with van der Waals surface area (Å²) in [5, 5.41) is 3.01. The second kappa shape index (κ2) is 7.62. The van der Waals surface area contributed by atoms with Crippen molar-refractivity contribution in [1.29, 1.82) is 0 Å². The summed E-state index contributed by atoms with van der Waals surface area (Å²) in [5.74, 6) is -0.427. The summed E-state index contributed by atoms with van der Waals surface area (Å²) >= 11 is 3.46. The molecule has 4 nitrogen and oxygen atoms in total. The third-order valence-corrected chi connectivity index (χ3v) is 5.56. The molecule has 0 aromatic heterocycles. The van der Waals surface area contributed by atoms with Crippen molar-refractivity contribution in [3.63, 3.8) is 0 Å². The Labute approximate surface area is 162 Å². The van der Waals surface area contributed by atoms with E-state index in [9.17, 15) is 9.59 Å². The topological polar surface area (TPSA) is 49.4 Å². The lowest BCUT2D eigenvalue weighted by Gasteiger charge is -2.20. The first-order valence-corrected chi connectivity index (χ1v) is 9.66. The van der Waals surface area contributed by atoms with Crippen LogP contribution in [0.3, 0.4) is 0 Å². The van der Waals surface area contributed by atoms with Gasteiger partial charge < -0.3 is 10.2 Å². The van der Waals surface area contributed by atoms with Crippen molar-refractivity contribution in [2.45, 2.75) is 33.6 Å². The Bertz CT molecular complexity index is 863. The number of rotatable bonds is 4. The van der Waals surface area contributed by atoms with E-state index in [1.807, 2.05) is 50.2 Å². The predicted molar refractivity (Wildman–Crippen MR) is 109 cm³/mol. The molecule has 136 valence electrons. The number of aryl methyl sites for hydroxylation is 2. The highest BCUT2D eigenvalue weighted by Crippen LogP contribution is 2.30. The van der Waals surface area contributed by atoms with Crippen molar-refractivity contribution in [3.05, 3.63) is 57.6 Å². The molecule has 1 heterocycles. The average molecular weight is 415 g/mol. The van der Waals surface area contributed by atoms with E-state index in [1.54, 1.807) is 4.90 Å². The molecule has 5 heteroatoms. The summed E-state index contributed by atoms with van der Waals surface area (Å²) in [6, 6.07) is 11.8. The second-order valence-corrected chi connectivity index (χ2v) is 7.68. The molecule has 0 spiro atoms. The quantitative estimate of drug-likeness (QED) is 0.792. The number of anilines is 2. The number of halogens is 1. The monoisotopic (exact) mass is 414 g/mol. The molecule has 2 amide bonds. The standard InChI is InChI=1S/C21H23BrN2O2/c1-4-15-10-17(22)8-9-18(15)23-21(26)16-11-20(25)24(12-16)19-7-5-6-13(2)14(19)3/h5-10,16H,4,11-12H2,1-3H3,(H,23,26)/t16-/m0/s1. The highest BCUT2D eigenvalue weighted by atomic mass is 79.9. The van der Waals surface area contributed by atoms with E-state index < -0.39 is 0 Å². The SMILES string of the molecule is CCc1cc(Br)ccc1NC(=O)[C@H]1CC(=O)N(c2cccc(C)c2C)C1. The number of carbonyl (C=O) groups excluding carboxylic acids is 2. The Morgan fingerprint density at radius 2 is 2.04 bits per heavy atom. The van der Waals surface area contributed by atoms with Crippen LogP contribution >= 0.6 is 15.9 Å². The zero-order valence-corrected chi connectivity index (χ0v) is 16.9. The van der Waals surface area contributed by atoms with Gasteiger partial charge in [0.2, 0.25) is 11.8 Å². The molecule has 0 saturated carbocycles. The zero-order chi connectivity index (χ0) is 18.8. The van der Waals surface area contributed by atoms with Gasteiger partial charge in [-0.15, -0.1) is 0 Å². The van der Waals surface area contributed by atoms with Crippen LogP contribution in [0.1, 0.15) is 30.0 Å². The fraction of sp³-hybridized carbons (Fsp3) is 0.333. The first-order chi connectivity index (χ1) is 12.4. The third-order valence-electron chi connectivity index (χ3n) is 5.07. The van der Waals surface area contributed by atoms with Crippen LogP contribution in [-0.4, -0.2) is 18.4 Å². The molecule has 26 heavy (non-hydrogen) atoms. The largest absolute Gasteiger partial charge is 0.326 e. The molecule has 0 radical (unpaired) electrons. The first kappa shape index (κ1) is 18.6. The van der Waals surface area contributed by atoms with Crippen LogP contribution in [0, 0.1) is 19.8 Å². The summed E-state index contributed by atoms with van der Waals surface area (Å²) < 4.78 is 0.990. The van der Waals surface area contributed by atoms with Crippen molar-refractivity contribution in [1.82, 2.24) is 0 Å². The Morgan fingerprint density at radius 1 is 1.27 bits per heavy atom. The van der Waals surface area contributed by atoms with Crippen LogP contribution in [0.2, 0.25) is 0 Å². The molecule has 1 aliphatic heterocycles. The van der Waals surface area contributed by atoms with Crippen LogP contribution in [-0.2, 0) is 16.0 Å². The van der Waals surface area contributed by atoms with Gasteiger partial charge in [-0.1, -0.05) is 35.0 Å². The Balaban J connectivity index is 1.76. The van der Waals surface area contributed by atoms with Crippen molar-refractivity contribution >= 4 is 39.1 Å². The van der Waals surface area contributed by atoms with Gasteiger partial charge in [0.25, 0.3) is 0 Å². The van der Waals surface area contributed by atoms with E-state index >= 15 is 0 Å². The van der Waals surface area contributed by atoms with Crippen molar-refractivity contribution in [2.24, 2.45) is 5.92 Å². The average Bonchev–Trinajstić information content (AvgIpc) is 3.00. The highest BCUT2D eigenvalue weighted by molar-refractivity contribution is 9.10. The number of nitrogens with zero attached hydrogens (tertiary/aromatic N) is 1. The number of hydrogen-bond donors (Lipinski definition) is 1. The van der Waals surface area contributed by atoms with Crippen LogP contribution in [0.5, 0.6) is 0 Å². The van der Waals surface area contributed by atoms with E-state index in [2.05, 4.69) is 28.2 Å². The van der Waals surface area contributed by atoms with E-state index in [-0.39, 0.29) is 24.2 Å². The van der Waals surface area contributed by atoms with Crippen LogP contribution in [0.4, 0.5) is 11.4 Å². The molecular weight excluding hydrogens is 392 g/mol. The maximum Gasteiger partial charge on any atom is 0.229 e. The highest BCUT2D eigenvalue weighted by Gasteiger charge is 2.35. The fourth-order valence-corrected chi connectivity index (χ4v) is 3.76. The molecule has 1 aliphatic rings. The minimum Gasteiger partial charge on any atom is -0.326 e. The molecule has 0 unspecified atom stereocenters. The lowest BCUT2D eigenvalue weighted by atomic mass is 10.1. The molecule has 1 saturated heterocycles. The van der Waals surface area contributed by atoms with Gasteiger partial charge in [-0.25, -0.2) is 0 Å². The molecule has 2 aromatic carbocycles. The van der Waals surface area contributed by atoms with Gasteiger partial charge >= 0.3 is 0 Å². The fourth-order valence-electron chi connectivity index (χ4n) is 3.36. The summed E-state index contributed by atoms with van der Waals surface area (Å²) in [7, 11) is 0. The van der Waals surface area contributed by atoms with E-state index in [0.717, 1.165) is 39.0 Å². The summed E-state index contributed by atoms with van der Waals surface area (Å²) in [5.41, 5.74) is 5.03. The van der Waals surface area contributed by atoms with E-state index in [4.69, 9.17) is 0 Å². The predicted octanol–water partition coefficient (Wildman–Crippen LogP) is 4.62. The number of amides is 2. The van der Waals surface area contributed by atoms with Crippen LogP contribution in [0.25, 0.3) is 0 Å². The lowest BCUT2D eigenvalue weighted by Crippen LogP contribution is -2.28. The van der Waals surface area contributed by atoms with Gasteiger partial charge in [0.1, 0.15) is 0 Å². The van der Waals surface area contributed by atoms with Crippen LogP contribution < -0.4 is 10.2 Å². The molecular formula is C21H23BrN2O2. The summed E-state index contributed by atoms with van der Waals surface area (Å²) in [6.07, 6.45) is 1.07. The molecule has 1 fully saturated rings. The van der Waals surface area contributed by atoms with Gasteiger partial charge in [-0.2, -0.15) is 0 Å². The molecule has 1 N–H and O–H groups in total. The van der Waals surface area contributed by atoms with Crippen molar-refractivity contribution in [2.75, 3.05) is 16.8 Å². The van der Waals surface area contributed by atoms with Gasteiger partial charge in [0.15, 0.2) is 0 Å². The number of hydrogen-bond acceptors (Lipinski definition) is 2. The minimum absolute atomic E-state index is 0.00497. The molecule has 1 atom stereocenters. The Kier molecular flexibility index (Phi) is 5.47. The maximum atomic E-state index is 12.7. The van der Waals surface area contributed by atoms with Gasteiger partial charge in [0.05, 0.1) is 5.92 Å². The smallest absolute Gasteiger partial charge is 0.229 e. The number of carbonyl (C=O) groups is 2. The van der Waals surface area contributed by atoms with Gasteiger partial charge in [0, 0.05) is 28.8 Å². The van der Waals surface area contributed by atoms with Gasteiger partial charge in [-0.3, -0.25) is 9.59 Å². The Hall–Kier alpha value is -2.14. The van der Waals surface area contributed by atoms with Crippen molar-refractivity contribution < 1.29 is 9.59 Å². The Morgan fingerprint density at radius 3 is 2.77 bits per heavy atom. The minimum atomic E-state index is -0.337. The van der Waals surface area contributed by atoms with Crippen molar-refractivity contribution in [3.8, 4) is 0 Å². The van der Waals surface area contributed by atoms with E-state index in [1.165, 1.54) is 0 Å². The van der Waals surface area contributed by atoms with Crippen LogP contribution in [0.15, 0.2) is 40.9 Å². The lowest BCUT2D eigenvalue weighted by molar-refractivity contribution is -0.122. The summed E-state index contributed by atoms with van der Waals surface area (Å²) in [6.45, 7) is 6.52. The molecule has 0 bridgehead atoms. The normalized spacial score (nSPS) is 16.8. The van der Waals surface area contributed by atoms with E-state index in [0.29, 0.717) is 6.54 Å². The maximum absolute atomic E-state index is 12.7. The summed E-state index contributed by atoms with van der Waals surface area (Å²) in [4.78, 5) is 27.0. The molecule has 3 rings (SSSR count). The third kappa shape index (κ3) is 3.68. The molecule has 2 aromatic rings.